The lowest BCUT2D eigenvalue weighted by molar-refractivity contribution is 0.0765. The van der Waals surface area contributed by atoms with Crippen molar-refractivity contribution >= 4 is 11.6 Å². The van der Waals surface area contributed by atoms with Crippen LogP contribution in [0.25, 0.3) is 0 Å². The summed E-state index contributed by atoms with van der Waals surface area (Å²) in [5.41, 5.74) is 6.61. The summed E-state index contributed by atoms with van der Waals surface area (Å²) in [6.07, 6.45) is 6.68. The molecule has 2 heterocycles. The molecule has 5 heteroatoms. The molecule has 5 nitrogen and oxygen atoms in total. The third kappa shape index (κ3) is 1.93. The molecule has 0 saturated heterocycles. The van der Waals surface area contributed by atoms with Gasteiger partial charge in [-0.3, -0.25) is 9.48 Å². The van der Waals surface area contributed by atoms with Gasteiger partial charge in [0.25, 0.3) is 5.91 Å². The SMILES string of the molecule is CCn1cc(N)c(C(=O)N2CC=CCC2)n1. The Balaban J connectivity index is 2.19. The van der Waals surface area contributed by atoms with Gasteiger partial charge in [0.15, 0.2) is 5.69 Å². The highest BCUT2D eigenvalue weighted by atomic mass is 16.2. The topological polar surface area (TPSA) is 64.2 Å². The fourth-order valence-electron chi connectivity index (χ4n) is 1.74. The Morgan fingerprint density at radius 2 is 2.38 bits per heavy atom. The molecule has 0 atom stereocenters. The third-order valence-corrected chi connectivity index (χ3v) is 2.66. The second kappa shape index (κ2) is 4.38. The van der Waals surface area contributed by atoms with Gasteiger partial charge < -0.3 is 10.6 Å². The normalized spacial score (nSPS) is 15.4. The maximum atomic E-state index is 12.1. The molecule has 2 rings (SSSR count). The zero-order valence-corrected chi connectivity index (χ0v) is 9.39. The molecule has 1 aliphatic heterocycles. The number of carbonyl (C=O) groups is 1. The molecule has 0 bridgehead atoms. The number of hydrogen-bond donors (Lipinski definition) is 1. The maximum absolute atomic E-state index is 12.1. The summed E-state index contributed by atoms with van der Waals surface area (Å²) in [6, 6.07) is 0. The van der Waals surface area contributed by atoms with Crippen molar-refractivity contribution in [3.8, 4) is 0 Å². The van der Waals surface area contributed by atoms with E-state index in [0.29, 0.717) is 17.9 Å². The number of anilines is 1. The highest BCUT2D eigenvalue weighted by Crippen LogP contribution is 2.14. The summed E-state index contributed by atoms with van der Waals surface area (Å²) in [4.78, 5) is 13.8. The van der Waals surface area contributed by atoms with Crippen molar-refractivity contribution in [3.05, 3.63) is 24.0 Å². The Kier molecular flexibility index (Phi) is 2.94. The number of nitrogens with zero attached hydrogens (tertiary/aromatic N) is 3. The van der Waals surface area contributed by atoms with Crippen molar-refractivity contribution in [2.75, 3.05) is 18.8 Å². The third-order valence-electron chi connectivity index (χ3n) is 2.66. The van der Waals surface area contributed by atoms with Crippen molar-refractivity contribution in [2.24, 2.45) is 0 Å². The molecule has 0 aromatic carbocycles. The Bertz CT molecular complexity index is 422. The smallest absolute Gasteiger partial charge is 0.276 e. The zero-order chi connectivity index (χ0) is 11.5. The summed E-state index contributed by atoms with van der Waals surface area (Å²) in [5, 5.41) is 4.18. The summed E-state index contributed by atoms with van der Waals surface area (Å²) < 4.78 is 1.68. The van der Waals surface area contributed by atoms with E-state index in [2.05, 4.69) is 11.2 Å². The van der Waals surface area contributed by atoms with Gasteiger partial charge in [-0.15, -0.1) is 0 Å². The van der Waals surface area contributed by atoms with E-state index in [9.17, 15) is 4.79 Å². The fourth-order valence-corrected chi connectivity index (χ4v) is 1.74. The van der Waals surface area contributed by atoms with Crippen molar-refractivity contribution in [1.82, 2.24) is 14.7 Å². The van der Waals surface area contributed by atoms with E-state index in [1.807, 2.05) is 13.0 Å². The molecule has 2 N–H and O–H groups in total. The van der Waals surface area contributed by atoms with Crippen molar-refractivity contribution in [3.63, 3.8) is 0 Å². The van der Waals surface area contributed by atoms with E-state index in [-0.39, 0.29) is 5.91 Å². The van der Waals surface area contributed by atoms with Crippen LogP contribution < -0.4 is 5.73 Å². The van der Waals surface area contributed by atoms with Gasteiger partial charge in [0.2, 0.25) is 0 Å². The molecule has 0 fully saturated rings. The number of nitrogens with two attached hydrogens (primary N) is 1. The number of carbonyl (C=O) groups excluding carboxylic acids is 1. The quantitative estimate of drug-likeness (QED) is 0.753. The van der Waals surface area contributed by atoms with Crippen LogP contribution in [0.4, 0.5) is 5.69 Å². The van der Waals surface area contributed by atoms with Gasteiger partial charge in [0, 0.05) is 25.8 Å². The molecular weight excluding hydrogens is 204 g/mol. The van der Waals surface area contributed by atoms with Crippen LogP contribution in [0.1, 0.15) is 23.8 Å². The lowest BCUT2D eigenvalue weighted by Crippen LogP contribution is -2.34. The van der Waals surface area contributed by atoms with E-state index in [1.54, 1.807) is 15.8 Å². The Hall–Kier alpha value is -1.78. The highest BCUT2D eigenvalue weighted by molar-refractivity contribution is 5.97. The molecule has 16 heavy (non-hydrogen) atoms. The lowest BCUT2D eigenvalue weighted by Gasteiger charge is -2.22. The minimum Gasteiger partial charge on any atom is -0.396 e. The van der Waals surface area contributed by atoms with E-state index >= 15 is 0 Å². The summed E-state index contributed by atoms with van der Waals surface area (Å²) in [5.74, 6) is -0.0750. The van der Waals surface area contributed by atoms with Gasteiger partial charge in [0.05, 0.1) is 5.69 Å². The summed E-state index contributed by atoms with van der Waals surface area (Å²) >= 11 is 0. The first-order chi connectivity index (χ1) is 7.72. The lowest BCUT2D eigenvalue weighted by atomic mass is 10.2. The second-order valence-electron chi connectivity index (χ2n) is 3.80. The molecule has 1 amide bonds. The predicted octanol–water partition coefficient (Wildman–Crippen LogP) is 0.887. The van der Waals surface area contributed by atoms with Crippen molar-refractivity contribution in [1.29, 1.82) is 0 Å². The monoisotopic (exact) mass is 220 g/mol. The molecule has 0 aliphatic carbocycles. The molecule has 0 saturated carbocycles. The molecule has 86 valence electrons. The van der Waals surface area contributed by atoms with E-state index < -0.39 is 0 Å². The van der Waals surface area contributed by atoms with Crippen molar-refractivity contribution in [2.45, 2.75) is 19.9 Å². The molecule has 0 unspecified atom stereocenters. The second-order valence-corrected chi connectivity index (χ2v) is 3.80. The highest BCUT2D eigenvalue weighted by Gasteiger charge is 2.21. The van der Waals surface area contributed by atoms with Gasteiger partial charge >= 0.3 is 0 Å². The Morgan fingerprint density at radius 1 is 1.56 bits per heavy atom. The van der Waals surface area contributed by atoms with Crippen LogP contribution in [-0.4, -0.2) is 33.7 Å². The van der Waals surface area contributed by atoms with Crippen LogP contribution in [0.3, 0.4) is 0 Å². The first-order valence-corrected chi connectivity index (χ1v) is 5.49. The van der Waals surface area contributed by atoms with Gasteiger partial charge in [-0.25, -0.2) is 0 Å². The van der Waals surface area contributed by atoms with Gasteiger partial charge in [-0.05, 0) is 13.3 Å². The summed E-state index contributed by atoms with van der Waals surface area (Å²) in [6.45, 7) is 4.08. The van der Waals surface area contributed by atoms with Gasteiger partial charge in [-0.2, -0.15) is 5.10 Å². The van der Waals surface area contributed by atoms with E-state index in [1.165, 1.54) is 0 Å². The number of amides is 1. The van der Waals surface area contributed by atoms with Crippen LogP contribution in [0.15, 0.2) is 18.3 Å². The van der Waals surface area contributed by atoms with Crippen LogP contribution in [-0.2, 0) is 6.54 Å². The van der Waals surface area contributed by atoms with Gasteiger partial charge in [-0.1, -0.05) is 12.2 Å². The Morgan fingerprint density at radius 3 is 2.94 bits per heavy atom. The molecule has 1 aromatic rings. The first kappa shape index (κ1) is 10.7. The average molecular weight is 220 g/mol. The van der Waals surface area contributed by atoms with Crippen LogP contribution in [0.2, 0.25) is 0 Å². The largest absolute Gasteiger partial charge is 0.396 e. The zero-order valence-electron chi connectivity index (χ0n) is 9.39. The molecule has 1 aromatic heterocycles. The molecule has 1 aliphatic rings. The maximum Gasteiger partial charge on any atom is 0.276 e. The molecule has 0 spiro atoms. The number of rotatable bonds is 2. The average Bonchev–Trinajstić information content (AvgIpc) is 2.71. The van der Waals surface area contributed by atoms with E-state index in [4.69, 9.17) is 5.73 Å². The standard InChI is InChI=1S/C11H16N4O/c1-2-15-8-9(12)10(13-15)11(16)14-6-4-3-5-7-14/h3-4,8H,2,5-7,12H2,1H3. The number of hydrogen-bond acceptors (Lipinski definition) is 3. The fraction of sp³-hybridized carbons (Fsp3) is 0.455. The predicted molar refractivity (Wildman–Crippen MR) is 62.0 cm³/mol. The summed E-state index contributed by atoms with van der Waals surface area (Å²) in [7, 11) is 0. The number of aryl methyl sites for hydroxylation is 1. The minimum atomic E-state index is -0.0750. The van der Waals surface area contributed by atoms with Crippen molar-refractivity contribution < 1.29 is 4.79 Å². The van der Waals surface area contributed by atoms with E-state index in [0.717, 1.165) is 19.5 Å². The molecule has 0 radical (unpaired) electrons. The van der Waals surface area contributed by atoms with Crippen LogP contribution in [0.5, 0.6) is 0 Å². The number of aromatic nitrogens is 2. The molecular formula is C11H16N4O. The van der Waals surface area contributed by atoms with Crippen LogP contribution >= 0.6 is 0 Å². The van der Waals surface area contributed by atoms with Gasteiger partial charge in [0.1, 0.15) is 0 Å². The first-order valence-electron chi connectivity index (χ1n) is 5.49. The van der Waals surface area contributed by atoms with Crippen LogP contribution in [0, 0.1) is 0 Å². The Labute approximate surface area is 94.5 Å². The number of nitrogen functional groups attached to an aromatic ring is 1. The minimum absolute atomic E-state index is 0.0750.